The van der Waals surface area contributed by atoms with Gasteiger partial charge in [0.1, 0.15) is 5.69 Å². The Morgan fingerprint density at radius 2 is 2.00 bits per heavy atom. The van der Waals surface area contributed by atoms with Crippen LogP contribution in [-0.2, 0) is 14.4 Å². The first-order valence-corrected chi connectivity index (χ1v) is 9.73. The molecule has 158 valence electrons. The van der Waals surface area contributed by atoms with Gasteiger partial charge in [-0.3, -0.25) is 19.2 Å². The van der Waals surface area contributed by atoms with Gasteiger partial charge in [-0.15, -0.1) is 11.3 Å². The van der Waals surface area contributed by atoms with Crippen LogP contribution in [0.1, 0.15) is 29.8 Å². The zero-order valence-corrected chi connectivity index (χ0v) is 16.3. The highest BCUT2D eigenvalue weighted by Gasteiger charge is 2.30. The number of ketones is 1. The largest absolute Gasteiger partial charge is 0.481 e. The Bertz CT molecular complexity index is 799. The van der Waals surface area contributed by atoms with Gasteiger partial charge in [0.25, 0.3) is 5.91 Å². The Morgan fingerprint density at radius 1 is 1.31 bits per heavy atom. The topological polar surface area (TPSA) is 202 Å². The van der Waals surface area contributed by atoms with Crippen molar-refractivity contribution in [3.8, 4) is 0 Å². The van der Waals surface area contributed by atoms with Gasteiger partial charge < -0.3 is 32.5 Å². The summed E-state index contributed by atoms with van der Waals surface area (Å²) in [5.74, 6) is -3.32. The molecule has 0 unspecified atom stereocenters. The predicted molar refractivity (Wildman–Crippen MR) is 105 cm³/mol. The van der Waals surface area contributed by atoms with Gasteiger partial charge in [-0.1, -0.05) is 0 Å². The Kier molecular flexibility index (Phi) is 8.03. The number of nitrogens with one attached hydrogen (secondary N) is 3. The molecule has 8 N–H and O–H groups in total. The number of carbonyl (C=O) groups excluding carboxylic acids is 3. The number of rotatable bonds is 9. The Hall–Kier alpha value is -3.06. The van der Waals surface area contributed by atoms with Gasteiger partial charge in [-0.05, 0) is 25.9 Å². The maximum absolute atomic E-state index is 12.6. The summed E-state index contributed by atoms with van der Waals surface area (Å²) in [6, 6.07) is -1.15. The number of aliphatic imine (C=N–C) groups is 1. The fourth-order valence-electron chi connectivity index (χ4n) is 2.82. The summed E-state index contributed by atoms with van der Waals surface area (Å²) in [5.41, 5.74) is 10.5. The van der Waals surface area contributed by atoms with Gasteiger partial charge in [0.05, 0.1) is 19.0 Å². The number of nitrogens with two attached hydrogens (primary N) is 2. The summed E-state index contributed by atoms with van der Waals surface area (Å²) in [5, 5.41) is 18.5. The third-order valence-corrected chi connectivity index (χ3v) is 4.89. The average molecular weight is 425 g/mol. The first kappa shape index (κ1) is 22.2. The minimum absolute atomic E-state index is 0.0238. The van der Waals surface area contributed by atoms with Gasteiger partial charge >= 0.3 is 5.97 Å². The number of carboxylic acid groups (broad SMARTS) is 1. The fraction of sp³-hybridized carbons (Fsp3) is 0.500. The smallest absolute Gasteiger partial charge is 0.305 e. The van der Waals surface area contributed by atoms with E-state index >= 15 is 0 Å². The second-order valence-corrected chi connectivity index (χ2v) is 7.22. The highest BCUT2D eigenvalue weighted by molar-refractivity contribution is 7.13. The Morgan fingerprint density at radius 3 is 2.62 bits per heavy atom. The minimum atomic E-state index is -1.20. The Balaban J connectivity index is 1.90. The Labute approximate surface area is 170 Å². The lowest BCUT2D eigenvalue weighted by atomic mass is 9.88. The predicted octanol–water partition coefficient (Wildman–Crippen LogP) is -1.69. The maximum Gasteiger partial charge on any atom is 0.305 e. The molecular weight excluding hydrogens is 402 g/mol. The van der Waals surface area contributed by atoms with Crippen molar-refractivity contribution in [1.29, 1.82) is 0 Å². The van der Waals surface area contributed by atoms with Gasteiger partial charge in [0.15, 0.2) is 11.7 Å². The number of guanidine groups is 1. The maximum atomic E-state index is 12.6. The van der Waals surface area contributed by atoms with Gasteiger partial charge in [-0.25, -0.2) is 4.98 Å². The number of hydrogen-bond donors (Lipinski definition) is 6. The first-order chi connectivity index (χ1) is 13.8. The summed E-state index contributed by atoms with van der Waals surface area (Å²) in [6.45, 7) is 0.884. The molecule has 0 aromatic carbocycles. The zero-order valence-electron chi connectivity index (χ0n) is 15.5. The number of amides is 2. The summed E-state index contributed by atoms with van der Waals surface area (Å²) < 4.78 is 0. The van der Waals surface area contributed by atoms with Crippen LogP contribution in [-0.4, -0.2) is 65.3 Å². The number of carboxylic acids is 1. The van der Waals surface area contributed by atoms with Gasteiger partial charge in [-0.2, -0.15) is 4.99 Å². The molecule has 1 saturated heterocycles. The SMILES string of the molecule is NC(N)=Nc1nc(C(=O)NCC(=O)N[C@@H](CC(=O)O)C(=O)C2CCNCC2)cs1. The molecule has 1 atom stereocenters. The highest BCUT2D eigenvalue weighted by atomic mass is 32.1. The normalized spacial score (nSPS) is 15.2. The summed E-state index contributed by atoms with van der Waals surface area (Å²) >= 11 is 1.04. The van der Waals surface area contributed by atoms with Gasteiger partial charge in [0.2, 0.25) is 11.0 Å². The molecule has 2 rings (SSSR count). The molecule has 1 aliphatic rings. The van der Waals surface area contributed by atoms with Crippen molar-refractivity contribution in [1.82, 2.24) is 20.9 Å². The van der Waals surface area contributed by atoms with Crippen molar-refractivity contribution in [2.24, 2.45) is 22.4 Å². The average Bonchev–Trinajstić information content (AvgIpc) is 3.13. The van der Waals surface area contributed by atoms with E-state index in [1.165, 1.54) is 5.38 Å². The lowest BCUT2D eigenvalue weighted by molar-refractivity contribution is -0.141. The van der Waals surface area contributed by atoms with Crippen LogP contribution in [0.25, 0.3) is 0 Å². The molecule has 0 bridgehead atoms. The van der Waals surface area contributed by atoms with E-state index in [9.17, 15) is 19.2 Å². The van der Waals surface area contributed by atoms with E-state index in [0.29, 0.717) is 25.9 Å². The molecule has 2 heterocycles. The lowest BCUT2D eigenvalue weighted by Gasteiger charge is -2.25. The molecule has 2 amide bonds. The second kappa shape index (κ2) is 10.5. The summed E-state index contributed by atoms with van der Waals surface area (Å²) in [6.07, 6.45) is 0.656. The van der Waals surface area contributed by atoms with Crippen LogP contribution in [0.4, 0.5) is 5.13 Å². The van der Waals surface area contributed by atoms with E-state index in [0.717, 1.165) is 11.3 Å². The van der Waals surface area contributed by atoms with E-state index in [-0.39, 0.29) is 28.5 Å². The minimum Gasteiger partial charge on any atom is -0.481 e. The number of thiazole rings is 1. The van der Waals surface area contributed by atoms with E-state index in [2.05, 4.69) is 25.9 Å². The molecule has 12 nitrogen and oxygen atoms in total. The van der Waals surface area contributed by atoms with Crippen LogP contribution < -0.4 is 27.4 Å². The lowest BCUT2D eigenvalue weighted by Crippen LogP contribution is -2.49. The van der Waals surface area contributed by atoms with Crippen LogP contribution in [0.2, 0.25) is 0 Å². The molecule has 0 saturated carbocycles. The molecule has 0 spiro atoms. The third kappa shape index (κ3) is 7.12. The van der Waals surface area contributed by atoms with Crippen LogP contribution in [0.3, 0.4) is 0 Å². The molecule has 0 aliphatic carbocycles. The molecular formula is C16H23N7O5S. The van der Waals surface area contributed by atoms with Crippen molar-refractivity contribution in [3.63, 3.8) is 0 Å². The van der Waals surface area contributed by atoms with E-state index < -0.39 is 36.8 Å². The number of hydrogen-bond acceptors (Lipinski definition) is 8. The fourth-order valence-corrected chi connectivity index (χ4v) is 3.50. The van der Waals surface area contributed by atoms with E-state index in [1.807, 2.05) is 0 Å². The van der Waals surface area contributed by atoms with Crippen LogP contribution in [0.5, 0.6) is 0 Å². The molecule has 1 aliphatic heterocycles. The molecule has 1 aromatic rings. The summed E-state index contributed by atoms with van der Waals surface area (Å²) in [4.78, 5) is 55.5. The number of aromatic nitrogens is 1. The van der Waals surface area contributed by atoms with Crippen molar-refractivity contribution < 1.29 is 24.3 Å². The van der Waals surface area contributed by atoms with Crippen LogP contribution in [0, 0.1) is 5.92 Å². The van der Waals surface area contributed by atoms with E-state index in [4.69, 9.17) is 16.6 Å². The second-order valence-electron chi connectivity index (χ2n) is 6.38. The van der Waals surface area contributed by atoms with Crippen LogP contribution >= 0.6 is 11.3 Å². The molecule has 29 heavy (non-hydrogen) atoms. The monoisotopic (exact) mass is 425 g/mol. The molecule has 13 heteroatoms. The van der Waals surface area contributed by atoms with Crippen LogP contribution in [0.15, 0.2) is 10.4 Å². The zero-order chi connectivity index (χ0) is 21.4. The number of nitrogens with zero attached hydrogens (tertiary/aromatic N) is 2. The van der Waals surface area contributed by atoms with Crippen molar-refractivity contribution >= 4 is 46.0 Å². The molecule has 1 aromatic heterocycles. The molecule has 1 fully saturated rings. The third-order valence-electron chi connectivity index (χ3n) is 4.16. The van der Waals surface area contributed by atoms with Crippen molar-refractivity contribution in [2.45, 2.75) is 25.3 Å². The first-order valence-electron chi connectivity index (χ1n) is 8.85. The van der Waals surface area contributed by atoms with Crippen molar-refractivity contribution in [3.05, 3.63) is 11.1 Å². The van der Waals surface area contributed by atoms with Crippen molar-refractivity contribution in [2.75, 3.05) is 19.6 Å². The standard InChI is InChI=1S/C16H23N7O5S/c17-15(18)23-16-22-10(7-29-16)14(28)20-6-11(24)21-9(5-12(25)26)13(27)8-1-3-19-4-2-8/h7-9,19H,1-6H2,(H,20,28)(H,21,24)(H,25,26)(H4,17,18,22,23)/t9-/m0/s1. The number of aliphatic carboxylic acids is 1. The number of Topliss-reactive ketones (excluding diaryl/α,β-unsaturated/α-hetero) is 1. The molecule has 0 radical (unpaired) electrons. The number of carbonyl (C=O) groups is 4. The van der Waals surface area contributed by atoms with Gasteiger partial charge in [0, 0.05) is 11.3 Å². The number of piperidine rings is 1. The summed E-state index contributed by atoms with van der Waals surface area (Å²) in [7, 11) is 0. The van der Waals surface area contributed by atoms with E-state index in [1.54, 1.807) is 0 Å². The quantitative estimate of drug-likeness (QED) is 0.197. The highest BCUT2D eigenvalue weighted by Crippen LogP contribution is 2.18.